The first-order valence-corrected chi connectivity index (χ1v) is 7.05. The minimum absolute atomic E-state index is 0.0309. The zero-order valence-corrected chi connectivity index (χ0v) is 10.8. The van der Waals surface area contributed by atoms with E-state index in [9.17, 15) is 10.1 Å². The molecule has 92 valence electrons. The summed E-state index contributed by atoms with van der Waals surface area (Å²) in [6.45, 7) is 2.86. The van der Waals surface area contributed by atoms with Crippen LogP contribution in [0.4, 0.5) is 0 Å². The van der Waals surface area contributed by atoms with Crippen molar-refractivity contribution in [3.63, 3.8) is 0 Å². The lowest BCUT2D eigenvalue weighted by Gasteiger charge is -2.30. The van der Waals surface area contributed by atoms with Crippen LogP contribution >= 0.6 is 11.8 Å². The third-order valence-corrected chi connectivity index (χ3v) is 3.86. The summed E-state index contributed by atoms with van der Waals surface area (Å²) in [5, 5.41) is 10.0. The molecule has 1 saturated heterocycles. The smallest absolute Gasteiger partial charge is 0.179 e. The molecular weight excluding hydrogens is 236 g/mol. The number of Topliss-reactive ketones (excluding diaryl/α,β-unsaturated/α-hetero) is 1. The number of nitrogens with zero attached hydrogens (tertiary/aromatic N) is 2. The molecule has 2 fully saturated rings. The zero-order valence-electron chi connectivity index (χ0n) is 9.94. The monoisotopic (exact) mass is 252 g/mol. The summed E-state index contributed by atoms with van der Waals surface area (Å²) in [5.74, 6) is 0.135. The molecule has 0 aromatic rings. The number of hydrogen-bond donors (Lipinski definition) is 0. The highest BCUT2D eigenvalue weighted by molar-refractivity contribution is 8.02. The Labute approximate surface area is 106 Å². The summed E-state index contributed by atoms with van der Waals surface area (Å²) < 4.78 is 5.29. The molecule has 0 aromatic carbocycles. The number of rotatable bonds is 4. The number of carbonyl (C=O) groups excluding carboxylic acids is 1. The van der Waals surface area contributed by atoms with Gasteiger partial charge in [-0.05, 0) is 19.1 Å². The summed E-state index contributed by atoms with van der Waals surface area (Å²) in [6, 6.07) is 2.10. The quantitative estimate of drug-likeness (QED) is 0.559. The minimum atomic E-state index is 0.0309. The van der Waals surface area contributed by atoms with Crippen molar-refractivity contribution >= 4 is 17.5 Å². The van der Waals surface area contributed by atoms with Crippen molar-refractivity contribution in [2.45, 2.75) is 12.8 Å². The van der Waals surface area contributed by atoms with Gasteiger partial charge in [0.2, 0.25) is 0 Å². The van der Waals surface area contributed by atoms with Crippen molar-refractivity contribution in [2.75, 3.05) is 32.6 Å². The molecule has 2 aliphatic rings. The molecule has 5 heteroatoms. The highest BCUT2D eigenvalue weighted by Gasteiger charge is 2.34. The maximum Gasteiger partial charge on any atom is 0.179 e. The van der Waals surface area contributed by atoms with Crippen LogP contribution in [0, 0.1) is 17.2 Å². The molecule has 1 saturated carbocycles. The summed E-state index contributed by atoms with van der Waals surface area (Å²) in [4.78, 5) is 14.1. The fraction of sp³-hybridized carbons (Fsp3) is 0.667. The van der Waals surface area contributed by atoms with Gasteiger partial charge in [-0.2, -0.15) is 5.26 Å². The molecule has 2 rings (SSSR count). The van der Waals surface area contributed by atoms with E-state index in [-0.39, 0.29) is 11.7 Å². The summed E-state index contributed by atoms with van der Waals surface area (Å²) in [7, 11) is 0. The van der Waals surface area contributed by atoms with Crippen LogP contribution in [0.2, 0.25) is 0 Å². The van der Waals surface area contributed by atoms with E-state index < -0.39 is 0 Å². The van der Waals surface area contributed by atoms with Gasteiger partial charge in [0, 0.05) is 19.0 Å². The molecular formula is C12H16N2O2S. The SMILES string of the molecule is CSC(=C(C#N)C(=O)C1CC1)N1CCOCC1. The Morgan fingerprint density at radius 1 is 1.41 bits per heavy atom. The van der Waals surface area contributed by atoms with E-state index in [1.54, 1.807) is 0 Å². The molecule has 1 aliphatic carbocycles. The van der Waals surface area contributed by atoms with Crippen LogP contribution in [0.15, 0.2) is 10.6 Å². The summed E-state index contributed by atoms with van der Waals surface area (Å²) >= 11 is 1.49. The van der Waals surface area contributed by atoms with Crippen molar-refractivity contribution in [1.82, 2.24) is 4.90 Å². The molecule has 0 amide bonds. The maximum atomic E-state index is 12.0. The number of morpholine rings is 1. The number of carbonyl (C=O) groups is 1. The first-order chi connectivity index (χ1) is 8.27. The maximum absolute atomic E-state index is 12.0. The van der Waals surface area contributed by atoms with Gasteiger partial charge in [0.1, 0.15) is 11.6 Å². The van der Waals surface area contributed by atoms with Gasteiger partial charge in [0.15, 0.2) is 5.78 Å². The van der Waals surface area contributed by atoms with Gasteiger partial charge in [-0.15, -0.1) is 11.8 Å². The van der Waals surface area contributed by atoms with Crippen LogP contribution in [0.3, 0.4) is 0 Å². The average molecular weight is 252 g/mol. The van der Waals surface area contributed by atoms with Crippen molar-refractivity contribution in [1.29, 1.82) is 5.26 Å². The van der Waals surface area contributed by atoms with E-state index in [0.717, 1.165) is 31.0 Å². The lowest BCUT2D eigenvalue weighted by Crippen LogP contribution is -2.36. The number of thioether (sulfide) groups is 1. The Bertz CT molecular complexity index is 376. The Morgan fingerprint density at radius 2 is 2.06 bits per heavy atom. The Hall–Kier alpha value is -0.990. The molecule has 17 heavy (non-hydrogen) atoms. The molecule has 0 aromatic heterocycles. The van der Waals surface area contributed by atoms with Gasteiger partial charge >= 0.3 is 0 Å². The fourth-order valence-electron chi connectivity index (χ4n) is 1.91. The number of ether oxygens (including phenoxy) is 1. The topological polar surface area (TPSA) is 53.3 Å². The van der Waals surface area contributed by atoms with Crippen LogP contribution in [0.1, 0.15) is 12.8 Å². The van der Waals surface area contributed by atoms with E-state index in [4.69, 9.17) is 4.74 Å². The second kappa shape index (κ2) is 5.56. The van der Waals surface area contributed by atoms with E-state index in [1.165, 1.54) is 11.8 Å². The van der Waals surface area contributed by atoms with E-state index in [1.807, 2.05) is 6.26 Å². The molecule has 0 unspecified atom stereocenters. The zero-order chi connectivity index (χ0) is 12.3. The number of nitriles is 1. The molecule has 0 radical (unpaired) electrons. The first kappa shape index (κ1) is 12.5. The van der Waals surface area contributed by atoms with Gasteiger partial charge < -0.3 is 9.64 Å². The van der Waals surface area contributed by atoms with Crippen molar-refractivity contribution in [3.05, 3.63) is 10.6 Å². The molecule has 4 nitrogen and oxygen atoms in total. The van der Waals surface area contributed by atoms with Gasteiger partial charge in [-0.1, -0.05) is 0 Å². The number of hydrogen-bond acceptors (Lipinski definition) is 5. The Kier molecular flexibility index (Phi) is 4.08. The molecule has 0 spiro atoms. The van der Waals surface area contributed by atoms with Gasteiger partial charge in [0.25, 0.3) is 0 Å². The van der Waals surface area contributed by atoms with E-state index >= 15 is 0 Å². The molecule has 0 atom stereocenters. The Balaban J connectivity index is 2.21. The fourth-order valence-corrected chi connectivity index (χ4v) is 2.70. The van der Waals surface area contributed by atoms with Crippen molar-refractivity contribution < 1.29 is 9.53 Å². The largest absolute Gasteiger partial charge is 0.378 e. The Morgan fingerprint density at radius 3 is 2.53 bits per heavy atom. The molecule has 0 bridgehead atoms. The highest BCUT2D eigenvalue weighted by atomic mass is 32.2. The van der Waals surface area contributed by atoms with Crippen LogP contribution < -0.4 is 0 Å². The molecule has 1 heterocycles. The van der Waals surface area contributed by atoms with Crippen LogP contribution in [0.25, 0.3) is 0 Å². The van der Waals surface area contributed by atoms with Crippen LogP contribution in [-0.2, 0) is 9.53 Å². The summed E-state index contributed by atoms with van der Waals surface area (Å²) in [6.07, 6.45) is 3.80. The second-order valence-corrected chi connectivity index (χ2v) is 5.03. The van der Waals surface area contributed by atoms with E-state index in [2.05, 4.69) is 11.0 Å². The van der Waals surface area contributed by atoms with Gasteiger partial charge in [-0.25, -0.2) is 0 Å². The van der Waals surface area contributed by atoms with Crippen molar-refractivity contribution in [2.24, 2.45) is 5.92 Å². The van der Waals surface area contributed by atoms with Crippen LogP contribution in [-0.4, -0.2) is 43.2 Å². The third-order valence-electron chi connectivity index (χ3n) is 3.01. The van der Waals surface area contributed by atoms with Gasteiger partial charge in [-0.3, -0.25) is 4.79 Å². The number of allylic oxidation sites excluding steroid dienone is 1. The third kappa shape index (κ3) is 2.82. The minimum Gasteiger partial charge on any atom is -0.378 e. The first-order valence-electron chi connectivity index (χ1n) is 5.83. The normalized spacial score (nSPS) is 21.8. The highest BCUT2D eigenvalue weighted by Crippen LogP contribution is 2.35. The van der Waals surface area contributed by atoms with Crippen LogP contribution in [0.5, 0.6) is 0 Å². The lowest BCUT2D eigenvalue weighted by molar-refractivity contribution is -0.116. The lowest BCUT2D eigenvalue weighted by atomic mass is 10.1. The molecule has 0 N–H and O–H groups in total. The van der Waals surface area contributed by atoms with Gasteiger partial charge in [0.05, 0.1) is 18.2 Å². The molecule has 1 aliphatic heterocycles. The van der Waals surface area contributed by atoms with E-state index in [0.29, 0.717) is 18.8 Å². The predicted octanol–water partition coefficient (Wildman–Crippen LogP) is 1.40. The predicted molar refractivity (Wildman–Crippen MR) is 66.3 cm³/mol. The second-order valence-electron chi connectivity index (χ2n) is 4.23. The average Bonchev–Trinajstić information content (AvgIpc) is 3.20. The standard InChI is InChI=1S/C12H16N2O2S/c1-17-12(14-4-6-16-7-5-14)10(8-13)11(15)9-2-3-9/h9H,2-7H2,1H3. The number of ketones is 1. The van der Waals surface area contributed by atoms with Crippen molar-refractivity contribution in [3.8, 4) is 6.07 Å². The summed E-state index contributed by atoms with van der Waals surface area (Å²) in [5.41, 5.74) is 0.349.